The van der Waals surface area contributed by atoms with Gasteiger partial charge in [-0.15, -0.1) is 0 Å². The normalized spacial score (nSPS) is 10.2. The summed E-state index contributed by atoms with van der Waals surface area (Å²) in [6.07, 6.45) is 0. The zero-order chi connectivity index (χ0) is 13.2. The molecule has 0 heterocycles. The number of thiol groups is 3. The van der Waals surface area contributed by atoms with Crippen LogP contribution in [0.5, 0.6) is 17.2 Å². The average molecular weight is 306 g/mol. The molecular formula is C12H18O3S3. The molecule has 0 bridgehead atoms. The summed E-state index contributed by atoms with van der Waals surface area (Å²) in [4.78, 5) is 0. The third kappa shape index (κ3) is 5.54. The number of ether oxygens (including phenoxy) is 3. The van der Waals surface area contributed by atoms with Gasteiger partial charge in [0.05, 0.1) is 19.8 Å². The lowest BCUT2D eigenvalue weighted by molar-refractivity contribution is 0.286. The minimum absolute atomic E-state index is 0.524. The quantitative estimate of drug-likeness (QED) is 0.612. The smallest absolute Gasteiger partial charge is 0.164 e. The average Bonchev–Trinajstić information content (AvgIpc) is 2.41. The monoisotopic (exact) mass is 306 g/mol. The highest BCUT2D eigenvalue weighted by molar-refractivity contribution is 7.80. The SMILES string of the molecule is SCCOc1ccc(OCCS)c(OCCS)c1. The zero-order valence-electron chi connectivity index (χ0n) is 10.0. The summed E-state index contributed by atoms with van der Waals surface area (Å²) in [5.41, 5.74) is 0. The van der Waals surface area contributed by atoms with Crippen molar-refractivity contribution in [2.45, 2.75) is 0 Å². The summed E-state index contributed by atoms with van der Waals surface area (Å²) in [5.74, 6) is 4.09. The summed E-state index contributed by atoms with van der Waals surface area (Å²) in [6, 6.07) is 5.51. The Kier molecular flexibility index (Phi) is 8.37. The lowest BCUT2D eigenvalue weighted by Crippen LogP contribution is -2.05. The van der Waals surface area contributed by atoms with Crippen LogP contribution in [0.1, 0.15) is 0 Å². The molecule has 1 rings (SSSR count). The van der Waals surface area contributed by atoms with E-state index in [0.29, 0.717) is 48.6 Å². The van der Waals surface area contributed by atoms with Crippen molar-refractivity contribution in [3.63, 3.8) is 0 Å². The largest absolute Gasteiger partial charge is 0.493 e. The molecule has 0 saturated heterocycles. The van der Waals surface area contributed by atoms with Gasteiger partial charge < -0.3 is 14.2 Å². The van der Waals surface area contributed by atoms with Crippen LogP contribution in [0.4, 0.5) is 0 Å². The van der Waals surface area contributed by atoms with E-state index >= 15 is 0 Å². The van der Waals surface area contributed by atoms with Crippen LogP contribution in [0, 0.1) is 0 Å². The third-order valence-electron chi connectivity index (χ3n) is 1.97. The Balaban J connectivity index is 2.74. The van der Waals surface area contributed by atoms with Crippen LogP contribution in [-0.2, 0) is 0 Å². The van der Waals surface area contributed by atoms with Crippen molar-refractivity contribution in [3.8, 4) is 17.2 Å². The van der Waals surface area contributed by atoms with Crippen molar-refractivity contribution in [1.82, 2.24) is 0 Å². The molecule has 102 valence electrons. The molecular weight excluding hydrogens is 288 g/mol. The molecule has 1 aromatic carbocycles. The van der Waals surface area contributed by atoms with Gasteiger partial charge in [0, 0.05) is 23.3 Å². The topological polar surface area (TPSA) is 27.7 Å². The Hall–Kier alpha value is -0.330. The maximum absolute atomic E-state index is 5.58. The maximum Gasteiger partial charge on any atom is 0.164 e. The lowest BCUT2D eigenvalue weighted by Gasteiger charge is -2.13. The molecule has 0 aliphatic heterocycles. The Morgan fingerprint density at radius 3 is 1.89 bits per heavy atom. The third-order valence-corrected chi connectivity index (χ3v) is 2.52. The van der Waals surface area contributed by atoms with Crippen LogP contribution in [-0.4, -0.2) is 37.1 Å². The second kappa shape index (κ2) is 9.58. The van der Waals surface area contributed by atoms with Crippen LogP contribution < -0.4 is 14.2 Å². The fourth-order valence-corrected chi connectivity index (χ4v) is 1.56. The van der Waals surface area contributed by atoms with Crippen molar-refractivity contribution >= 4 is 37.9 Å². The van der Waals surface area contributed by atoms with E-state index in [4.69, 9.17) is 14.2 Å². The molecule has 18 heavy (non-hydrogen) atoms. The molecule has 0 N–H and O–H groups in total. The molecule has 0 radical (unpaired) electrons. The van der Waals surface area contributed by atoms with Gasteiger partial charge in [-0.1, -0.05) is 0 Å². The van der Waals surface area contributed by atoms with E-state index in [1.54, 1.807) is 0 Å². The van der Waals surface area contributed by atoms with E-state index in [1.165, 1.54) is 0 Å². The van der Waals surface area contributed by atoms with Gasteiger partial charge in [0.25, 0.3) is 0 Å². The van der Waals surface area contributed by atoms with Gasteiger partial charge in [0.2, 0.25) is 0 Å². The van der Waals surface area contributed by atoms with E-state index < -0.39 is 0 Å². The van der Waals surface area contributed by atoms with Crippen LogP contribution in [0.3, 0.4) is 0 Å². The molecule has 0 aliphatic rings. The van der Waals surface area contributed by atoms with E-state index in [1.807, 2.05) is 18.2 Å². The van der Waals surface area contributed by atoms with Crippen molar-refractivity contribution in [3.05, 3.63) is 18.2 Å². The van der Waals surface area contributed by atoms with Crippen molar-refractivity contribution in [2.24, 2.45) is 0 Å². The second-order valence-corrected chi connectivity index (χ2v) is 4.67. The fourth-order valence-electron chi connectivity index (χ4n) is 1.28. The van der Waals surface area contributed by atoms with Crippen LogP contribution in [0.15, 0.2) is 18.2 Å². The van der Waals surface area contributed by atoms with Crippen LogP contribution >= 0.6 is 37.9 Å². The first-order valence-electron chi connectivity index (χ1n) is 5.67. The Labute approximate surface area is 124 Å². The maximum atomic E-state index is 5.58. The summed E-state index contributed by atoms with van der Waals surface area (Å²) in [7, 11) is 0. The first-order valence-corrected chi connectivity index (χ1v) is 7.56. The number of hydrogen-bond acceptors (Lipinski definition) is 6. The standard InChI is InChI=1S/C12H18O3S3/c16-6-3-13-10-1-2-11(14-4-7-17)12(9-10)15-5-8-18/h1-2,9,16-18H,3-8H2. The number of benzene rings is 1. The van der Waals surface area contributed by atoms with Gasteiger partial charge in [-0.2, -0.15) is 37.9 Å². The predicted octanol–water partition coefficient (Wildman–Crippen LogP) is 2.61. The molecule has 0 fully saturated rings. The zero-order valence-corrected chi connectivity index (χ0v) is 12.7. The van der Waals surface area contributed by atoms with Gasteiger partial charge >= 0.3 is 0 Å². The van der Waals surface area contributed by atoms with Crippen molar-refractivity contribution in [1.29, 1.82) is 0 Å². The highest BCUT2D eigenvalue weighted by atomic mass is 32.1. The molecule has 0 spiro atoms. The Morgan fingerprint density at radius 2 is 1.28 bits per heavy atom. The van der Waals surface area contributed by atoms with Gasteiger partial charge in [0.1, 0.15) is 5.75 Å². The molecule has 0 unspecified atom stereocenters. The van der Waals surface area contributed by atoms with Crippen LogP contribution in [0.25, 0.3) is 0 Å². The molecule has 1 aromatic rings. The van der Waals surface area contributed by atoms with E-state index in [9.17, 15) is 0 Å². The molecule has 0 aliphatic carbocycles. The molecule has 3 nitrogen and oxygen atoms in total. The first-order chi connectivity index (χ1) is 8.81. The Morgan fingerprint density at radius 1 is 0.722 bits per heavy atom. The predicted molar refractivity (Wildman–Crippen MR) is 84.5 cm³/mol. The second-order valence-electron chi connectivity index (χ2n) is 3.32. The molecule has 0 aromatic heterocycles. The van der Waals surface area contributed by atoms with Crippen molar-refractivity contribution < 1.29 is 14.2 Å². The first kappa shape index (κ1) is 15.7. The van der Waals surface area contributed by atoms with Gasteiger partial charge in [-0.25, -0.2) is 0 Å². The molecule has 6 heteroatoms. The van der Waals surface area contributed by atoms with Crippen molar-refractivity contribution in [2.75, 3.05) is 37.1 Å². The van der Waals surface area contributed by atoms with E-state index in [0.717, 1.165) is 5.75 Å². The van der Waals surface area contributed by atoms with E-state index in [-0.39, 0.29) is 0 Å². The minimum atomic E-state index is 0.524. The van der Waals surface area contributed by atoms with Crippen LogP contribution in [0.2, 0.25) is 0 Å². The highest BCUT2D eigenvalue weighted by Gasteiger charge is 2.07. The molecule has 0 saturated carbocycles. The number of rotatable bonds is 9. The Bertz CT molecular complexity index is 347. The highest BCUT2D eigenvalue weighted by Crippen LogP contribution is 2.31. The summed E-state index contributed by atoms with van der Waals surface area (Å²) in [5, 5.41) is 0. The summed E-state index contributed by atoms with van der Waals surface area (Å²) >= 11 is 12.3. The fraction of sp³-hybridized carbons (Fsp3) is 0.500. The molecule has 0 amide bonds. The summed E-state index contributed by atoms with van der Waals surface area (Å²) in [6.45, 7) is 1.62. The van der Waals surface area contributed by atoms with Gasteiger partial charge in [-0.05, 0) is 12.1 Å². The lowest BCUT2D eigenvalue weighted by atomic mass is 10.3. The minimum Gasteiger partial charge on any atom is -0.493 e. The number of hydrogen-bond donors (Lipinski definition) is 3. The summed E-state index contributed by atoms with van der Waals surface area (Å²) < 4.78 is 16.6. The van der Waals surface area contributed by atoms with Gasteiger partial charge in [-0.3, -0.25) is 0 Å². The van der Waals surface area contributed by atoms with Gasteiger partial charge in [0.15, 0.2) is 11.5 Å². The van der Waals surface area contributed by atoms with E-state index in [2.05, 4.69) is 37.9 Å². The molecule has 0 atom stereocenters.